The average molecular weight is 500 g/mol. The van der Waals surface area contributed by atoms with Crippen LogP contribution in [0.4, 0.5) is 13.2 Å². The fraction of sp³-hybridized carbons (Fsp3) is 0.542. The summed E-state index contributed by atoms with van der Waals surface area (Å²) in [5, 5.41) is 2.98. The van der Waals surface area contributed by atoms with Gasteiger partial charge in [-0.1, -0.05) is 56.2 Å². The number of alkyl halides is 3. The van der Waals surface area contributed by atoms with E-state index in [1.807, 2.05) is 30.3 Å². The molecule has 11 heteroatoms. The standard InChI is InChI=1S/C24H32F3N3O5/c1-16-8-6-7-11-19(16)29-20(31)15-14-18(13-12-17-9-4-3-5-10-17)30-35-21(32)23(2,28)34-22(33)24(25,26)27/h3-5,9-10,14-16,18-19,30H,6-8,11-13,28H2,1-2H3,(H,29,31)/b15-14+/t16-,18-,19-,23-/m0/s1. The lowest BCUT2D eigenvalue weighted by molar-refractivity contribution is -0.219. The van der Waals surface area contributed by atoms with Crippen molar-refractivity contribution in [2.45, 2.75) is 76.4 Å². The fourth-order valence-corrected chi connectivity index (χ4v) is 3.65. The Morgan fingerprint density at radius 2 is 1.80 bits per heavy atom. The zero-order valence-corrected chi connectivity index (χ0v) is 19.8. The molecule has 4 N–H and O–H groups in total. The number of carbonyl (C=O) groups excluding carboxylic acids is 3. The molecule has 8 nitrogen and oxygen atoms in total. The maximum Gasteiger partial charge on any atom is 0.491 e. The Bertz CT molecular complexity index is 890. The minimum atomic E-state index is -5.32. The first-order valence-electron chi connectivity index (χ1n) is 11.5. The quantitative estimate of drug-likeness (QED) is 0.196. The summed E-state index contributed by atoms with van der Waals surface area (Å²) >= 11 is 0. The smallest absolute Gasteiger partial charge is 0.426 e. The number of nitrogens with one attached hydrogen (secondary N) is 2. The maximum atomic E-state index is 12.4. The normalized spacial score (nSPS) is 21.1. The van der Waals surface area contributed by atoms with E-state index in [9.17, 15) is 27.6 Å². The molecule has 4 atom stereocenters. The van der Waals surface area contributed by atoms with E-state index >= 15 is 0 Å². The van der Waals surface area contributed by atoms with Crippen molar-refractivity contribution in [3.63, 3.8) is 0 Å². The lowest BCUT2D eigenvalue weighted by atomic mass is 9.86. The molecule has 1 fully saturated rings. The number of hydrogen-bond acceptors (Lipinski definition) is 7. The van der Waals surface area contributed by atoms with Gasteiger partial charge in [0.2, 0.25) is 5.91 Å². The second kappa shape index (κ2) is 12.7. The van der Waals surface area contributed by atoms with Crippen molar-refractivity contribution < 1.29 is 37.1 Å². The van der Waals surface area contributed by atoms with Crippen LogP contribution in [0.3, 0.4) is 0 Å². The number of amides is 1. The Hall–Kier alpha value is -2.92. The Labute approximate surface area is 202 Å². The Kier molecular flexibility index (Phi) is 10.3. The van der Waals surface area contributed by atoms with Crippen LogP contribution in [0.1, 0.15) is 51.5 Å². The summed E-state index contributed by atoms with van der Waals surface area (Å²) in [6.45, 7) is 2.86. The number of benzene rings is 1. The molecule has 0 radical (unpaired) electrons. The highest BCUT2D eigenvalue weighted by Gasteiger charge is 2.47. The number of aryl methyl sites for hydroxylation is 1. The van der Waals surface area contributed by atoms with E-state index in [1.165, 1.54) is 12.2 Å². The largest absolute Gasteiger partial charge is 0.491 e. The van der Waals surface area contributed by atoms with Gasteiger partial charge in [-0.15, -0.1) is 5.48 Å². The van der Waals surface area contributed by atoms with Crippen LogP contribution >= 0.6 is 0 Å². The molecule has 1 amide bonds. The van der Waals surface area contributed by atoms with E-state index in [1.54, 1.807) is 0 Å². The highest BCUT2D eigenvalue weighted by molar-refractivity contribution is 5.88. The monoisotopic (exact) mass is 499 g/mol. The first-order chi connectivity index (χ1) is 16.4. The molecule has 1 aromatic carbocycles. The number of nitrogens with two attached hydrogens (primary N) is 1. The van der Waals surface area contributed by atoms with Crippen LogP contribution in [-0.4, -0.2) is 41.8 Å². The number of halogens is 3. The first-order valence-corrected chi connectivity index (χ1v) is 11.5. The molecular formula is C24H32F3N3O5. The van der Waals surface area contributed by atoms with Gasteiger partial charge in [0.1, 0.15) is 0 Å². The Morgan fingerprint density at radius 3 is 2.43 bits per heavy atom. The van der Waals surface area contributed by atoms with Crippen molar-refractivity contribution in [2.75, 3.05) is 0 Å². The highest BCUT2D eigenvalue weighted by atomic mass is 19.4. The zero-order chi connectivity index (χ0) is 26.1. The SMILES string of the molecule is C[C@H]1CCCC[C@@H]1NC(=O)/C=C/[C@H](CCc1ccccc1)NOC(=O)[C@@](C)(N)OC(=O)C(F)(F)F. The molecule has 1 saturated carbocycles. The summed E-state index contributed by atoms with van der Waals surface area (Å²) in [6, 6.07) is 8.79. The average Bonchev–Trinajstić information content (AvgIpc) is 2.79. The number of hydroxylamine groups is 1. The molecule has 2 rings (SSSR count). The molecule has 1 aliphatic carbocycles. The summed E-state index contributed by atoms with van der Waals surface area (Å²) in [6.07, 6.45) is 2.55. The lowest BCUT2D eigenvalue weighted by Crippen LogP contribution is -2.53. The van der Waals surface area contributed by atoms with Crippen molar-refractivity contribution in [1.82, 2.24) is 10.8 Å². The van der Waals surface area contributed by atoms with Crippen LogP contribution in [0.25, 0.3) is 0 Å². The van der Waals surface area contributed by atoms with Gasteiger partial charge < -0.3 is 14.9 Å². The first kappa shape index (κ1) is 28.3. The number of carbonyl (C=O) groups is 3. The van der Waals surface area contributed by atoms with Gasteiger partial charge in [0.05, 0.1) is 6.04 Å². The van der Waals surface area contributed by atoms with Gasteiger partial charge in [-0.2, -0.15) is 13.2 Å². The van der Waals surface area contributed by atoms with Crippen molar-refractivity contribution in [1.29, 1.82) is 0 Å². The molecule has 1 aromatic rings. The molecule has 0 aromatic heterocycles. The zero-order valence-electron chi connectivity index (χ0n) is 19.8. The van der Waals surface area contributed by atoms with E-state index in [2.05, 4.69) is 22.5 Å². The minimum absolute atomic E-state index is 0.0794. The van der Waals surface area contributed by atoms with E-state index in [0.717, 1.165) is 38.2 Å². The summed E-state index contributed by atoms with van der Waals surface area (Å²) in [7, 11) is 0. The van der Waals surface area contributed by atoms with Crippen LogP contribution in [0, 0.1) is 5.92 Å². The van der Waals surface area contributed by atoms with Crippen LogP contribution in [0.5, 0.6) is 0 Å². The van der Waals surface area contributed by atoms with Gasteiger partial charge in [0, 0.05) is 19.0 Å². The molecule has 0 saturated heterocycles. The third-order valence-corrected chi connectivity index (χ3v) is 5.75. The highest BCUT2D eigenvalue weighted by Crippen LogP contribution is 2.23. The van der Waals surface area contributed by atoms with Crippen molar-refractivity contribution in [2.24, 2.45) is 11.7 Å². The van der Waals surface area contributed by atoms with E-state index in [0.29, 0.717) is 18.8 Å². The topological polar surface area (TPSA) is 120 Å². The van der Waals surface area contributed by atoms with Crippen molar-refractivity contribution >= 4 is 17.8 Å². The molecule has 0 aliphatic heterocycles. The van der Waals surface area contributed by atoms with Gasteiger partial charge >= 0.3 is 18.1 Å². The molecule has 0 heterocycles. The van der Waals surface area contributed by atoms with E-state index in [4.69, 9.17) is 10.6 Å². The van der Waals surface area contributed by atoms with Crippen molar-refractivity contribution in [3.8, 4) is 0 Å². The second-order valence-corrected chi connectivity index (χ2v) is 8.87. The van der Waals surface area contributed by atoms with Gasteiger partial charge in [-0.3, -0.25) is 10.5 Å². The Morgan fingerprint density at radius 1 is 1.14 bits per heavy atom. The second-order valence-electron chi connectivity index (χ2n) is 8.87. The molecule has 194 valence electrons. The number of rotatable bonds is 10. The number of esters is 1. The molecule has 1 aliphatic rings. The van der Waals surface area contributed by atoms with Gasteiger partial charge in [-0.05, 0) is 37.2 Å². The van der Waals surface area contributed by atoms with E-state index in [-0.39, 0.29) is 11.9 Å². The molecule has 0 bridgehead atoms. The molecule has 0 spiro atoms. The number of ether oxygens (including phenoxy) is 1. The van der Waals surface area contributed by atoms with E-state index < -0.39 is 29.9 Å². The van der Waals surface area contributed by atoms with Gasteiger partial charge in [-0.25, -0.2) is 9.59 Å². The van der Waals surface area contributed by atoms with Gasteiger partial charge in [0.15, 0.2) is 0 Å². The fourth-order valence-electron chi connectivity index (χ4n) is 3.65. The van der Waals surface area contributed by atoms with Crippen LogP contribution in [-0.2, 0) is 30.4 Å². The van der Waals surface area contributed by atoms with Crippen LogP contribution < -0.4 is 16.5 Å². The molecular weight excluding hydrogens is 467 g/mol. The Balaban J connectivity index is 2.00. The molecule has 35 heavy (non-hydrogen) atoms. The summed E-state index contributed by atoms with van der Waals surface area (Å²) in [4.78, 5) is 40.5. The summed E-state index contributed by atoms with van der Waals surface area (Å²) in [5.74, 6) is -3.98. The molecule has 0 unspecified atom stereocenters. The summed E-state index contributed by atoms with van der Waals surface area (Å²) < 4.78 is 41.4. The lowest BCUT2D eigenvalue weighted by Gasteiger charge is -2.29. The predicted molar refractivity (Wildman–Crippen MR) is 121 cm³/mol. The third-order valence-electron chi connectivity index (χ3n) is 5.75. The van der Waals surface area contributed by atoms with Crippen LogP contribution in [0.15, 0.2) is 42.5 Å². The summed E-state index contributed by atoms with van der Waals surface area (Å²) in [5.41, 5.74) is 6.12. The maximum absolute atomic E-state index is 12.4. The number of hydrogen-bond donors (Lipinski definition) is 3. The third kappa shape index (κ3) is 9.69. The predicted octanol–water partition coefficient (Wildman–Crippen LogP) is 3.07. The van der Waals surface area contributed by atoms with Crippen molar-refractivity contribution in [3.05, 3.63) is 48.0 Å². The van der Waals surface area contributed by atoms with Crippen LogP contribution in [0.2, 0.25) is 0 Å². The van der Waals surface area contributed by atoms with Gasteiger partial charge in [0.25, 0.3) is 5.72 Å². The minimum Gasteiger partial charge on any atom is -0.426 e.